The van der Waals surface area contributed by atoms with Crippen LogP contribution < -0.4 is 5.73 Å². The molecule has 0 aliphatic rings. The highest BCUT2D eigenvalue weighted by atomic mass is 32.1. The molecule has 2 N–H and O–H groups in total. The lowest BCUT2D eigenvalue weighted by Gasteiger charge is -2.07. The Morgan fingerprint density at radius 2 is 2.47 bits per heavy atom. The predicted molar refractivity (Wildman–Crippen MR) is 69.2 cm³/mol. The average molecular weight is 251 g/mol. The SMILES string of the molecule is CC(CCCN)C(=O)Cc1cn2ccsc2n1. The number of nitrogens with two attached hydrogens (primary N) is 1. The van der Waals surface area contributed by atoms with E-state index in [1.54, 1.807) is 11.3 Å². The van der Waals surface area contributed by atoms with E-state index in [0.29, 0.717) is 13.0 Å². The summed E-state index contributed by atoms with van der Waals surface area (Å²) in [5.74, 6) is 0.336. The fourth-order valence-corrected chi connectivity index (χ4v) is 2.52. The number of hydrogen-bond donors (Lipinski definition) is 1. The Kier molecular flexibility index (Phi) is 3.91. The van der Waals surface area contributed by atoms with E-state index < -0.39 is 0 Å². The summed E-state index contributed by atoms with van der Waals surface area (Å²) in [5, 5.41) is 1.98. The number of rotatable bonds is 6. The number of aromatic nitrogens is 2. The number of thiazole rings is 1. The van der Waals surface area contributed by atoms with Gasteiger partial charge < -0.3 is 5.73 Å². The molecule has 4 nitrogen and oxygen atoms in total. The maximum atomic E-state index is 11.9. The molecular weight excluding hydrogens is 234 g/mol. The summed E-state index contributed by atoms with van der Waals surface area (Å²) in [6.07, 6.45) is 6.10. The quantitative estimate of drug-likeness (QED) is 0.852. The van der Waals surface area contributed by atoms with Gasteiger partial charge in [0.15, 0.2) is 4.96 Å². The van der Waals surface area contributed by atoms with Gasteiger partial charge in [0, 0.05) is 23.7 Å². The molecule has 0 aliphatic carbocycles. The molecule has 0 saturated carbocycles. The summed E-state index contributed by atoms with van der Waals surface area (Å²) in [5.41, 5.74) is 6.30. The Morgan fingerprint density at radius 1 is 1.65 bits per heavy atom. The molecule has 2 heterocycles. The van der Waals surface area contributed by atoms with Gasteiger partial charge >= 0.3 is 0 Å². The summed E-state index contributed by atoms with van der Waals surface area (Å²) >= 11 is 1.58. The maximum absolute atomic E-state index is 11.9. The number of ketones is 1. The van der Waals surface area contributed by atoms with Crippen LogP contribution in [0.25, 0.3) is 4.96 Å². The Bertz CT molecular complexity index is 474. The zero-order valence-electron chi connectivity index (χ0n) is 9.93. The number of carbonyl (C=O) groups is 1. The molecule has 0 aromatic carbocycles. The van der Waals surface area contributed by atoms with Gasteiger partial charge in [0.1, 0.15) is 5.78 Å². The number of imidazole rings is 1. The molecule has 0 saturated heterocycles. The van der Waals surface area contributed by atoms with E-state index in [9.17, 15) is 4.79 Å². The minimum absolute atomic E-state index is 0.0817. The van der Waals surface area contributed by atoms with Crippen molar-refractivity contribution in [2.45, 2.75) is 26.2 Å². The smallest absolute Gasteiger partial charge is 0.193 e. The molecule has 2 rings (SSSR count). The van der Waals surface area contributed by atoms with Crippen molar-refractivity contribution in [2.24, 2.45) is 11.7 Å². The van der Waals surface area contributed by atoms with Crippen LogP contribution in [-0.4, -0.2) is 21.7 Å². The first kappa shape index (κ1) is 12.3. The molecule has 92 valence electrons. The number of carbonyl (C=O) groups excluding carboxylic acids is 1. The first-order chi connectivity index (χ1) is 8.20. The topological polar surface area (TPSA) is 60.4 Å². The van der Waals surface area contributed by atoms with Gasteiger partial charge in [0.05, 0.1) is 12.1 Å². The van der Waals surface area contributed by atoms with Gasteiger partial charge in [-0.05, 0) is 19.4 Å². The number of hydrogen-bond acceptors (Lipinski definition) is 4. The molecule has 0 aliphatic heterocycles. The van der Waals surface area contributed by atoms with Gasteiger partial charge in [0.2, 0.25) is 0 Å². The first-order valence-electron chi connectivity index (χ1n) is 5.84. The van der Waals surface area contributed by atoms with Crippen molar-refractivity contribution in [1.29, 1.82) is 0 Å². The van der Waals surface area contributed by atoms with E-state index >= 15 is 0 Å². The lowest BCUT2D eigenvalue weighted by Crippen LogP contribution is -2.15. The van der Waals surface area contributed by atoms with Crippen LogP contribution in [0.2, 0.25) is 0 Å². The molecule has 17 heavy (non-hydrogen) atoms. The normalized spacial score (nSPS) is 13.1. The monoisotopic (exact) mass is 251 g/mol. The molecule has 1 unspecified atom stereocenters. The second kappa shape index (κ2) is 5.42. The van der Waals surface area contributed by atoms with E-state index in [1.807, 2.05) is 29.1 Å². The first-order valence-corrected chi connectivity index (χ1v) is 6.72. The molecular formula is C12H17N3OS. The van der Waals surface area contributed by atoms with E-state index in [0.717, 1.165) is 23.5 Å². The Labute approximate surface area is 104 Å². The molecule has 0 radical (unpaired) electrons. The average Bonchev–Trinajstić information content (AvgIpc) is 2.86. The standard InChI is InChI=1S/C12H17N3OS/c1-9(3-2-4-13)11(16)7-10-8-15-5-6-17-12(15)14-10/h5-6,8-9H,2-4,7,13H2,1H3. The summed E-state index contributed by atoms with van der Waals surface area (Å²) in [4.78, 5) is 17.3. The van der Waals surface area contributed by atoms with Crippen LogP contribution in [0.1, 0.15) is 25.5 Å². The van der Waals surface area contributed by atoms with Crippen molar-refractivity contribution in [3.63, 3.8) is 0 Å². The van der Waals surface area contributed by atoms with Crippen molar-refractivity contribution < 1.29 is 4.79 Å². The van der Waals surface area contributed by atoms with Crippen molar-refractivity contribution in [1.82, 2.24) is 9.38 Å². The second-order valence-corrected chi connectivity index (χ2v) is 5.17. The van der Waals surface area contributed by atoms with E-state index in [2.05, 4.69) is 4.98 Å². The van der Waals surface area contributed by atoms with Gasteiger partial charge in [0.25, 0.3) is 0 Å². The van der Waals surface area contributed by atoms with Gasteiger partial charge in [-0.25, -0.2) is 4.98 Å². The minimum Gasteiger partial charge on any atom is -0.330 e. The summed E-state index contributed by atoms with van der Waals surface area (Å²) in [6, 6.07) is 0. The van der Waals surface area contributed by atoms with Gasteiger partial charge in [-0.2, -0.15) is 0 Å². The van der Waals surface area contributed by atoms with Crippen LogP contribution in [0.5, 0.6) is 0 Å². The molecule has 0 amide bonds. The van der Waals surface area contributed by atoms with Gasteiger partial charge in [-0.3, -0.25) is 9.20 Å². The fraction of sp³-hybridized carbons (Fsp3) is 0.500. The van der Waals surface area contributed by atoms with E-state index in [-0.39, 0.29) is 11.7 Å². The molecule has 0 fully saturated rings. The van der Waals surface area contributed by atoms with Crippen molar-refractivity contribution in [3.8, 4) is 0 Å². The van der Waals surface area contributed by atoms with E-state index in [4.69, 9.17) is 5.73 Å². The third-order valence-corrected chi connectivity index (χ3v) is 3.66. The van der Waals surface area contributed by atoms with Crippen LogP contribution in [0.3, 0.4) is 0 Å². The van der Waals surface area contributed by atoms with E-state index in [1.165, 1.54) is 0 Å². The summed E-state index contributed by atoms with van der Waals surface area (Å²) in [7, 11) is 0. The molecule has 2 aromatic rings. The molecule has 2 aromatic heterocycles. The Morgan fingerprint density at radius 3 is 3.18 bits per heavy atom. The lowest BCUT2D eigenvalue weighted by molar-refractivity contribution is -0.121. The highest BCUT2D eigenvalue weighted by Crippen LogP contribution is 2.14. The van der Waals surface area contributed by atoms with Crippen LogP contribution in [0.15, 0.2) is 17.8 Å². The second-order valence-electron chi connectivity index (χ2n) is 4.30. The van der Waals surface area contributed by atoms with Gasteiger partial charge in [-0.1, -0.05) is 6.92 Å². The Balaban J connectivity index is 1.96. The Hall–Kier alpha value is -1.20. The highest BCUT2D eigenvalue weighted by Gasteiger charge is 2.14. The fourth-order valence-electron chi connectivity index (χ4n) is 1.80. The minimum atomic E-state index is 0.0817. The third-order valence-electron chi connectivity index (χ3n) is 2.89. The summed E-state index contributed by atoms with van der Waals surface area (Å²) in [6.45, 7) is 2.62. The third kappa shape index (κ3) is 2.92. The van der Waals surface area contributed by atoms with Crippen LogP contribution in [0.4, 0.5) is 0 Å². The summed E-state index contributed by atoms with van der Waals surface area (Å²) < 4.78 is 1.96. The zero-order valence-corrected chi connectivity index (χ0v) is 10.7. The van der Waals surface area contributed by atoms with Crippen LogP contribution in [0, 0.1) is 5.92 Å². The maximum Gasteiger partial charge on any atom is 0.193 e. The molecule has 1 atom stereocenters. The number of nitrogens with zero attached hydrogens (tertiary/aromatic N) is 2. The van der Waals surface area contributed by atoms with Crippen LogP contribution >= 0.6 is 11.3 Å². The largest absolute Gasteiger partial charge is 0.330 e. The van der Waals surface area contributed by atoms with Crippen molar-refractivity contribution >= 4 is 22.1 Å². The zero-order chi connectivity index (χ0) is 12.3. The van der Waals surface area contributed by atoms with Gasteiger partial charge in [-0.15, -0.1) is 11.3 Å². The van der Waals surface area contributed by atoms with Crippen LogP contribution in [-0.2, 0) is 11.2 Å². The highest BCUT2D eigenvalue weighted by molar-refractivity contribution is 7.15. The molecule has 0 spiro atoms. The van der Waals surface area contributed by atoms with Crippen molar-refractivity contribution in [3.05, 3.63) is 23.5 Å². The number of Topliss-reactive ketones (excluding diaryl/α,β-unsaturated/α-hetero) is 1. The lowest BCUT2D eigenvalue weighted by atomic mass is 9.97. The molecule has 5 heteroatoms. The van der Waals surface area contributed by atoms with Crippen molar-refractivity contribution in [2.75, 3.05) is 6.54 Å². The molecule has 0 bridgehead atoms. The number of fused-ring (bicyclic) bond motifs is 1. The predicted octanol–water partition coefficient (Wildman–Crippen LogP) is 1.88.